The first-order chi connectivity index (χ1) is 9.72. The molecule has 20 heavy (non-hydrogen) atoms. The van der Waals surface area contributed by atoms with Gasteiger partial charge in [0.1, 0.15) is 13.2 Å². The van der Waals surface area contributed by atoms with Crippen molar-refractivity contribution in [1.29, 1.82) is 0 Å². The molecule has 3 nitrogen and oxygen atoms in total. The molecule has 0 bridgehead atoms. The summed E-state index contributed by atoms with van der Waals surface area (Å²) in [5.41, 5.74) is 2.72. The van der Waals surface area contributed by atoms with Crippen LogP contribution in [0.2, 0.25) is 0 Å². The molecule has 3 rings (SSSR count). The van der Waals surface area contributed by atoms with Crippen LogP contribution in [-0.2, 0) is 0 Å². The highest BCUT2D eigenvalue weighted by Crippen LogP contribution is 2.50. The maximum absolute atomic E-state index is 5.95. The van der Waals surface area contributed by atoms with E-state index in [1.807, 2.05) is 0 Å². The molecule has 1 heterocycles. The number of ether oxygens (including phenoxy) is 2. The zero-order valence-corrected chi connectivity index (χ0v) is 13.8. The summed E-state index contributed by atoms with van der Waals surface area (Å²) >= 11 is 3.73. The molecule has 110 valence electrons. The second-order valence-electron chi connectivity index (χ2n) is 5.70. The van der Waals surface area contributed by atoms with E-state index in [9.17, 15) is 0 Å². The lowest BCUT2D eigenvalue weighted by Crippen LogP contribution is -2.29. The van der Waals surface area contributed by atoms with Crippen molar-refractivity contribution in [2.75, 3.05) is 19.8 Å². The van der Waals surface area contributed by atoms with Crippen molar-refractivity contribution in [1.82, 2.24) is 5.32 Å². The highest BCUT2D eigenvalue weighted by atomic mass is 79.9. The molecule has 0 amide bonds. The molecule has 0 spiro atoms. The Morgan fingerprint density at radius 1 is 1.25 bits per heavy atom. The molecular formula is C16H22BrNO2. The third-order valence-corrected chi connectivity index (χ3v) is 4.89. The van der Waals surface area contributed by atoms with E-state index in [0.717, 1.165) is 28.9 Å². The fourth-order valence-electron chi connectivity index (χ4n) is 3.27. The summed E-state index contributed by atoms with van der Waals surface area (Å²) in [7, 11) is 0. The minimum absolute atomic E-state index is 0.383. The Morgan fingerprint density at radius 2 is 2.05 bits per heavy atom. The first-order valence-corrected chi connectivity index (χ1v) is 8.37. The molecule has 1 aliphatic heterocycles. The minimum atomic E-state index is 0.383. The minimum Gasteiger partial charge on any atom is -0.486 e. The van der Waals surface area contributed by atoms with Crippen molar-refractivity contribution in [3.8, 4) is 11.5 Å². The van der Waals surface area contributed by atoms with E-state index in [4.69, 9.17) is 9.47 Å². The Balaban J connectivity index is 2.08. The van der Waals surface area contributed by atoms with Crippen LogP contribution in [0, 0.1) is 0 Å². The normalized spacial score (nSPS) is 24.4. The summed E-state index contributed by atoms with van der Waals surface area (Å²) in [4.78, 5) is 0. The number of rotatable bonds is 3. The monoisotopic (exact) mass is 339 g/mol. The lowest BCUT2D eigenvalue weighted by molar-refractivity contribution is 0.167. The van der Waals surface area contributed by atoms with Crippen molar-refractivity contribution >= 4 is 15.9 Å². The molecule has 0 fully saturated rings. The Labute approximate surface area is 129 Å². The number of hydrogen-bond acceptors (Lipinski definition) is 3. The summed E-state index contributed by atoms with van der Waals surface area (Å²) in [5.74, 6) is 2.42. The van der Waals surface area contributed by atoms with Gasteiger partial charge in [0.2, 0.25) is 0 Å². The van der Waals surface area contributed by atoms with Crippen molar-refractivity contribution in [2.24, 2.45) is 0 Å². The molecule has 2 atom stereocenters. The molecule has 1 aromatic carbocycles. The zero-order valence-electron chi connectivity index (χ0n) is 12.2. The quantitative estimate of drug-likeness (QED) is 0.896. The molecule has 2 aliphatic rings. The highest BCUT2D eigenvalue weighted by Gasteiger charge is 2.33. The van der Waals surface area contributed by atoms with Gasteiger partial charge >= 0.3 is 0 Å². The summed E-state index contributed by atoms with van der Waals surface area (Å²) < 4.78 is 12.9. The smallest absolute Gasteiger partial charge is 0.166 e. The van der Waals surface area contributed by atoms with Crippen LogP contribution in [0.1, 0.15) is 56.2 Å². The van der Waals surface area contributed by atoms with Gasteiger partial charge < -0.3 is 14.8 Å². The van der Waals surface area contributed by atoms with Crippen LogP contribution in [0.4, 0.5) is 0 Å². The summed E-state index contributed by atoms with van der Waals surface area (Å²) in [6, 6.07) is 2.46. The van der Waals surface area contributed by atoms with Crippen LogP contribution in [0.25, 0.3) is 0 Å². The fraction of sp³-hybridized carbons (Fsp3) is 0.625. The number of halogens is 1. The van der Waals surface area contributed by atoms with Crippen molar-refractivity contribution in [2.45, 2.75) is 45.1 Å². The molecular weight excluding hydrogens is 318 g/mol. The number of benzene rings is 1. The molecule has 1 aliphatic carbocycles. The van der Waals surface area contributed by atoms with Crippen LogP contribution >= 0.6 is 15.9 Å². The maximum atomic E-state index is 5.95. The van der Waals surface area contributed by atoms with Gasteiger partial charge in [-0.15, -0.1) is 0 Å². The van der Waals surface area contributed by atoms with E-state index in [1.165, 1.54) is 24.0 Å². The SMILES string of the molecule is CCCNC1CCC(C)c2c(Br)cc3c(c21)OCCO3. The van der Waals surface area contributed by atoms with E-state index in [2.05, 4.69) is 41.2 Å². The van der Waals surface area contributed by atoms with Crippen LogP contribution in [0.5, 0.6) is 11.5 Å². The first-order valence-electron chi connectivity index (χ1n) is 7.57. The Kier molecular flexibility index (Phi) is 4.22. The zero-order chi connectivity index (χ0) is 14.1. The molecule has 1 N–H and O–H groups in total. The lowest BCUT2D eigenvalue weighted by atomic mass is 9.80. The van der Waals surface area contributed by atoms with E-state index in [0.29, 0.717) is 25.2 Å². The average molecular weight is 340 g/mol. The van der Waals surface area contributed by atoms with Crippen LogP contribution < -0.4 is 14.8 Å². The van der Waals surface area contributed by atoms with Gasteiger partial charge in [-0.25, -0.2) is 0 Å². The van der Waals surface area contributed by atoms with Crippen molar-refractivity contribution in [3.05, 3.63) is 21.7 Å². The van der Waals surface area contributed by atoms with Crippen molar-refractivity contribution in [3.63, 3.8) is 0 Å². The van der Waals surface area contributed by atoms with Crippen LogP contribution in [0.15, 0.2) is 10.5 Å². The van der Waals surface area contributed by atoms with Gasteiger partial charge in [0, 0.05) is 16.1 Å². The Morgan fingerprint density at radius 3 is 2.85 bits per heavy atom. The van der Waals surface area contributed by atoms with Gasteiger partial charge in [-0.1, -0.05) is 29.8 Å². The third kappa shape index (κ3) is 2.44. The van der Waals surface area contributed by atoms with Gasteiger partial charge in [0.05, 0.1) is 0 Å². The average Bonchev–Trinajstić information content (AvgIpc) is 2.46. The Hall–Kier alpha value is -0.740. The topological polar surface area (TPSA) is 30.5 Å². The second-order valence-corrected chi connectivity index (χ2v) is 6.55. The summed E-state index contributed by atoms with van der Waals surface area (Å²) in [6.07, 6.45) is 3.53. The molecule has 4 heteroatoms. The summed E-state index contributed by atoms with van der Waals surface area (Å²) in [6.45, 7) is 6.84. The molecule has 1 aromatic rings. The molecule has 0 aromatic heterocycles. The fourth-order valence-corrected chi connectivity index (χ4v) is 4.08. The van der Waals surface area contributed by atoms with Crippen LogP contribution in [-0.4, -0.2) is 19.8 Å². The molecule has 2 unspecified atom stereocenters. The van der Waals surface area contributed by atoms with E-state index in [-0.39, 0.29) is 0 Å². The lowest BCUT2D eigenvalue weighted by Gasteiger charge is -2.35. The second kappa shape index (κ2) is 5.94. The Bertz CT molecular complexity index is 504. The molecule has 0 radical (unpaired) electrons. The largest absolute Gasteiger partial charge is 0.486 e. The van der Waals surface area contributed by atoms with Gasteiger partial charge in [0.15, 0.2) is 11.5 Å². The van der Waals surface area contributed by atoms with Gasteiger partial charge in [-0.2, -0.15) is 0 Å². The highest BCUT2D eigenvalue weighted by molar-refractivity contribution is 9.10. The first kappa shape index (κ1) is 14.2. The van der Waals surface area contributed by atoms with E-state index >= 15 is 0 Å². The van der Waals surface area contributed by atoms with E-state index in [1.54, 1.807) is 0 Å². The predicted molar refractivity (Wildman–Crippen MR) is 83.8 cm³/mol. The molecule has 0 saturated heterocycles. The predicted octanol–water partition coefficient (Wildman–Crippen LogP) is 4.16. The standard InChI is InChI=1S/C16H22BrNO2/c1-3-6-18-12-5-4-10(2)14-11(17)9-13-16(15(12)14)20-8-7-19-13/h9-10,12,18H,3-8H2,1-2H3. The van der Waals surface area contributed by atoms with Gasteiger partial charge in [0.25, 0.3) is 0 Å². The maximum Gasteiger partial charge on any atom is 0.166 e. The summed E-state index contributed by atoms with van der Waals surface area (Å²) in [5, 5.41) is 3.67. The number of hydrogen-bond donors (Lipinski definition) is 1. The number of nitrogens with one attached hydrogen (secondary N) is 1. The van der Waals surface area contributed by atoms with E-state index < -0.39 is 0 Å². The third-order valence-electron chi connectivity index (χ3n) is 4.23. The van der Waals surface area contributed by atoms with Gasteiger partial charge in [-0.05, 0) is 43.4 Å². The van der Waals surface area contributed by atoms with Gasteiger partial charge in [-0.3, -0.25) is 0 Å². The number of fused-ring (bicyclic) bond motifs is 3. The van der Waals surface area contributed by atoms with Crippen LogP contribution in [0.3, 0.4) is 0 Å². The van der Waals surface area contributed by atoms with Crippen molar-refractivity contribution < 1.29 is 9.47 Å². The molecule has 0 saturated carbocycles.